The molecule has 1 atom stereocenters. The lowest BCUT2D eigenvalue weighted by Crippen LogP contribution is -2.02. The quantitative estimate of drug-likeness (QED) is 0.468. The molecule has 1 unspecified atom stereocenters. The van der Waals surface area contributed by atoms with Gasteiger partial charge >= 0.3 is 5.97 Å². The minimum absolute atomic E-state index is 0. The van der Waals surface area contributed by atoms with Crippen LogP contribution in [0, 0.1) is 0 Å². The largest absolute Gasteiger partial charge is 0.462 e. The molecule has 0 radical (unpaired) electrons. The van der Waals surface area contributed by atoms with Gasteiger partial charge in [0, 0.05) is 14.0 Å². The van der Waals surface area contributed by atoms with Gasteiger partial charge in [0.15, 0.2) is 6.29 Å². The first-order chi connectivity index (χ1) is 6.58. The summed E-state index contributed by atoms with van der Waals surface area (Å²) >= 11 is 0. The van der Waals surface area contributed by atoms with E-state index in [4.69, 9.17) is 5.11 Å². The van der Waals surface area contributed by atoms with Crippen LogP contribution in [0.4, 0.5) is 0 Å². The fourth-order valence-corrected chi connectivity index (χ4v) is 0.358. The van der Waals surface area contributed by atoms with Crippen LogP contribution in [0.2, 0.25) is 0 Å². The average molecular weight is 252 g/mol. The number of aliphatic hydroxyl groups excluding tert-OH is 1. The number of ether oxygens (including phenoxy) is 2. The zero-order valence-electron chi connectivity index (χ0n) is 9.40. The Morgan fingerprint density at radius 2 is 1.94 bits per heavy atom. The average Bonchev–Trinajstić information content (AvgIpc) is 2.17. The van der Waals surface area contributed by atoms with E-state index in [0.717, 1.165) is 0 Å². The van der Waals surface area contributed by atoms with Gasteiger partial charge in [-0.3, -0.25) is 4.79 Å². The van der Waals surface area contributed by atoms with E-state index in [9.17, 15) is 4.79 Å². The van der Waals surface area contributed by atoms with E-state index in [1.807, 2.05) is 13.0 Å². The Kier molecular flexibility index (Phi) is 42.2. The first-order valence-corrected chi connectivity index (χ1v) is 4.16. The highest BCUT2D eigenvalue weighted by Gasteiger charge is 1.85. The van der Waals surface area contributed by atoms with Crippen LogP contribution in [0.25, 0.3) is 0 Å². The minimum atomic E-state index is -0.801. The van der Waals surface area contributed by atoms with Crippen LogP contribution >= 0.6 is 0 Å². The van der Waals surface area contributed by atoms with Crippen molar-refractivity contribution in [1.82, 2.24) is 0 Å². The van der Waals surface area contributed by atoms with Gasteiger partial charge in [-0.05, 0) is 13.0 Å². The van der Waals surface area contributed by atoms with Crippen molar-refractivity contribution in [2.45, 2.75) is 35.0 Å². The monoisotopic (exact) mass is 252 g/mol. The molecule has 0 amide bonds. The Bertz CT molecular complexity index is 178. The molecule has 0 saturated heterocycles. The Balaban J connectivity index is -0.0000000493. The van der Waals surface area contributed by atoms with E-state index >= 15 is 0 Å². The number of allylic oxidation sites excluding steroid dienone is 1. The van der Waals surface area contributed by atoms with E-state index in [2.05, 4.69) is 16.1 Å². The summed E-state index contributed by atoms with van der Waals surface area (Å²) in [5.41, 5.74) is 0. The number of methoxy groups -OCH3 is 1. The predicted molar refractivity (Wildman–Crippen MR) is 71.7 cm³/mol. The summed E-state index contributed by atoms with van der Waals surface area (Å²) < 4.78 is 8.89. The van der Waals surface area contributed by atoms with Crippen molar-refractivity contribution in [3.05, 3.63) is 24.8 Å². The van der Waals surface area contributed by atoms with Crippen LogP contribution in [-0.4, -0.2) is 36.6 Å². The molecule has 0 aromatic carbocycles. The van der Waals surface area contributed by atoms with Crippen LogP contribution in [-0.2, 0) is 14.3 Å². The van der Waals surface area contributed by atoms with Gasteiger partial charge in [0.2, 0.25) is 0 Å². The van der Waals surface area contributed by atoms with Crippen molar-refractivity contribution >= 4 is 5.97 Å². The third-order valence-electron chi connectivity index (χ3n) is 1.06. The lowest BCUT2D eigenvalue weighted by molar-refractivity contribution is -0.139. The number of carbonyl (C=O) groups excluding carboxylic acids is 1. The Morgan fingerprint density at radius 1 is 1.47 bits per heavy atom. The molecule has 0 aliphatic carbocycles. The molecule has 0 aliphatic heterocycles. The summed E-state index contributed by atoms with van der Waals surface area (Å²) in [6.45, 7) is 6.92. The molecule has 0 spiro atoms. The molecule has 17 heavy (non-hydrogen) atoms. The molecule has 5 nitrogen and oxygen atoms in total. The summed E-state index contributed by atoms with van der Waals surface area (Å²) in [4.78, 5) is 10.1. The second kappa shape index (κ2) is 24.2. The summed E-state index contributed by atoms with van der Waals surface area (Å²) in [5, 5.41) is 8.33. The highest BCUT2D eigenvalue weighted by molar-refractivity contribution is 5.65. The van der Waals surface area contributed by atoms with Crippen molar-refractivity contribution in [3.8, 4) is 0 Å². The molecule has 0 aromatic rings. The topological polar surface area (TPSA) is 87.3 Å². The zero-order valence-corrected chi connectivity index (χ0v) is 9.40. The van der Waals surface area contributed by atoms with E-state index in [1.165, 1.54) is 20.1 Å². The van der Waals surface area contributed by atoms with Gasteiger partial charge in [0.05, 0.1) is 0 Å². The lowest BCUT2D eigenvalue weighted by Gasteiger charge is -1.96. The van der Waals surface area contributed by atoms with Crippen molar-refractivity contribution in [1.29, 1.82) is 0 Å². The maximum Gasteiger partial charge on any atom is 0.302 e. The molecule has 106 valence electrons. The third kappa shape index (κ3) is 39.8. The highest BCUT2D eigenvalue weighted by atomic mass is 16.6. The van der Waals surface area contributed by atoms with E-state index in [-0.39, 0.29) is 26.3 Å². The maximum atomic E-state index is 10.1. The van der Waals surface area contributed by atoms with Gasteiger partial charge in [-0.15, -0.1) is 0 Å². The van der Waals surface area contributed by atoms with E-state index < -0.39 is 6.29 Å². The fourth-order valence-electron chi connectivity index (χ4n) is 0.358. The molecule has 3 N–H and O–H groups in total. The second-order valence-corrected chi connectivity index (χ2v) is 2.23. The van der Waals surface area contributed by atoms with Gasteiger partial charge in [-0.25, -0.2) is 0 Å². The van der Waals surface area contributed by atoms with Crippen molar-refractivity contribution in [3.63, 3.8) is 0 Å². The number of carbonyl (C=O) groups is 1. The molecule has 0 fully saturated rings. The summed E-state index contributed by atoms with van der Waals surface area (Å²) in [6, 6.07) is 0. The molecular formula is C12H28O5. The predicted octanol–water partition coefficient (Wildman–Crippen LogP) is 1.71. The minimum Gasteiger partial charge on any atom is -0.462 e. The third-order valence-corrected chi connectivity index (χ3v) is 1.06. The van der Waals surface area contributed by atoms with Crippen molar-refractivity contribution in [2.75, 3.05) is 13.7 Å². The standard InChI is InChI=1S/C6H10O2.C4H8O2.2CH4.H2O/c1-3-4-5-8-6(2)7;1-3-4(5)6-2;;;/h3-4H,5H2,1-2H3;3-5H,1H2,2H3;2*1H4;1H2. The maximum absolute atomic E-state index is 10.1. The number of rotatable bonds is 4. The first-order valence-electron chi connectivity index (χ1n) is 4.16. The smallest absolute Gasteiger partial charge is 0.302 e. The molecule has 0 bridgehead atoms. The highest BCUT2D eigenvalue weighted by Crippen LogP contribution is 1.78. The van der Waals surface area contributed by atoms with E-state index in [0.29, 0.717) is 6.61 Å². The van der Waals surface area contributed by atoms with Crippen LogP contribution in [0.15, 0.2) is 24.8 Å². The normalized spacial score (nSPS) is 9.41. The van der Waals surface area contributed by atoms with Gasteiger partial charge in [0.1, 0.15) is 6.61 Å². The van der Waals surface area contributed by atoms with Gasteiger partial charge < -0.3 is 20.1 Å². The SMILES string of the molecule is C.C.C=CC(O)OC.CC=CCOC(C)=O.O. The molecule has 0 heterocycles. The van der Waals surface area contributed by atoms with Gasteiger partial charge in [0.25, 0.3) is 0 Å². The number of hydrogen-bond donors (Lipinski definition) is 1. The van der Waals surface area contributed by atoms with E-state index in [1.54, 1.807) is 6.08 Å². The van der Waals surface area contributed by atoms with Crippen LogP contribution in [0.3, 0.4) is 0 Å². The van der Waals surface area contributed by atoms with Gasteiger partial charge in [-0.1, -0.05) is 33.6 Å². The Hall–Kier alpha value is -1.17. The van der Waals surface area contributed by atoms with Crippen LogP contribution in [0.5, 0.6) is 0 Å². The molecule has 0 rings (SSSR count). The van der Waals surface area contributed by atoms with Crippen molar-refractivity contribution < 1.29 is 24.9 Å². The summed E-state index contributed by atoms with van der Waals surface area (Å²) in [6.07, 6.45) is 4.12. The molecule has 5 heteroatoms. The summed E-state index contributed by atoms with van der Waals surface area (Å²) in [7, 11) is 1.41. The number of aliphatic hydroxyl groups is 1. The molecule has 0 aliphatic rings. The van der Waals surface area contributed by atoms with Gasteiger partial charge in [-0.2, -0.15) is 0 Å². The first kappa shape index (κ1) is 29.7. The lowest BCUT2D eigenvalue weighted by atomic mass is 10.5. The Labute approximate surface area is 105 Å². The van der Waals surface area contributed by atoms with Crippen LogP contribution in [0.1, 0.15) is 28.7 Å². The molecule has 0 saturated carbocycles. The number of hydrogen-bond acceptors (Lipinski definition) is 4. The zero-order chi connectivity index (χ0) is 11.4. The van der Waals surface area contributed by atoms with Crippen LogP contribution < -0.4 is 0 Å². The number of esters is 1. The van der Waals surface area contributed by atoms with Crippen molar-refractivity contribution in [2.24, 2.45) is 0 Å². The Morgan fingerprint density at radius 3 is 2.12 bits per heavy atom. The molecule has 0 aromatic heterocycles. The second-order valence-electron chi connectivity index (χ2n) is 2.23. The molecular weight excluding hydrogens is 224 g/mol. The summed E-state index contributed by atoms with van der Waals surface area (Å²) in [5.74, 6) is -0.233. The fraction of sp³-hybridized carbons (Fsp3) is 0.583.